The SMILES string of the molecule is CCN(CCn1cc[n+](C)c1)c1ccc(N=Nc2ccc(C=NN=c3scc(C)n3C)cc2)cc1. The minimum atomic E-state index is 0.790. The first-order chi connectivity index (χ1) is 17.0. The Morgan fingerprint density at radius 3 is 2.29 bits per heavy atom. The van der Waals surface area contributed by atoms with E-state index in [2.05, 4.69) is 77.6 Å². The predicted molar refractivity (Wildman–Crippen MR) is 142 cm³/mol. The summed E-state index contributed by atoms with van der Waals surface area (Å²) in [5.74, 6) is 0. The summed E-state index contributed by atoms with van der Waals surface area (Å²) in [6.45, 7) is 7.06. The van der Waals surface area contributed by atoms with Crippen molar-refractivity contribution < 1.29 is 4.57 Å². The summed E-state index contributed by atoms with van der Waals surface area (Å²) in [5, 5.41) is 19.3. The van der Waals surface area contributed by atoms with E-state index in [4.69, 9.17) is 0 Å². The van der Waals surface area contributed by atoms with Crippen molar-refractivity contribution >= 4 is 34.6 Å². The molecule has 0 atom stereocenters. The summed E-state index contributed by atoms with van der Waals surface area (Å²) in [6.07, 6.45) is 7.99. The van der Waals surface area contributed by atoms with Gasteiger partial charge in [0, 0.05) is 30.4 Å². The number of benzene rings is 2. The molecule has 4 aromatic rings. The molecule has 2 heterocycles. The second-order valence-electron chi connectivity index (χ2n) is 8.27. The van der Waals surface area contributed by atoms with E-state index in [0.29, 0.717) is 0 Å². The lowest BCUT2D eigenvalue weighted by molar-refractivity contribution is -0.671. The molecule has 0 saturated heterocycles. The highest BCUT2D eigenvalue weighted by Crippen LogP contribution is 2.22. The van der Waals surface area contributed by atoms with E-state index in [1.54, 1.807) is 17.6 Å². The summed E-state index contributed by atoms with van der Waals surface area (Å²) in [6, 6.07) is 16.0. The van der Waals surface area contributed by atoms with E-state index in [-0.39, 0.29) is 0 Å². The molecule has 0 unspecified atom stereocenters. The van der Waals surface area contributed by atoms with Crippen molar-refractivity contribution in [1.29, 1.82) is 0 Å². The zero-order valence-corrected chi connectivity index (χ0v) is 21.4. The highest BCUT2D eigenvalue weighted by Gasteiger charge is 2.07. The molecule has 0 aliphatic rings. The number of anilines is 1. The monoisotopic (exact) mass is 487 g/mol. The third-order valence-electron chi connectivity index (χ3n) is 5.72. The number of aryl methyl sites for hydroxylation is 2. The first-order valence-corrected chi connectivity index (χ1v) is 12.5. The van der Waals surface area contributed by atoms with Crippen molar-refractivity contribution in [2.75, 3.05) is 18.0 Å². The van der Waals surface area contributed by atoms with Crippen LogP contribution in [0.3, 0.4) is 0 Å². The van der Waals surface area contributed by atoms with Gasteiger partial charge in [0.05, 0.1) is 31.2 Å². The second kappa shape index (κ2) is 11.5. The Hall–Kier alpha value is -3.85. The molecule has 8 nitrogen and oxygen atoms in total. The van der Waals surface area contributed by atoms with Gasteiger partial charge < -0.3 is 9.47 Å². The van der Waals surface area contributed by atoms with Gasteiger partial charge in [0.25, 0.3) is 0 Å². The van der Waals surface area contributed by atoms with Crippen LogP contribution in [0.1, 0.15) is 18.2 Å². The number of likely N-dealkylation sites (N-methyl/N-ethyl adjacent to an activating group) is 1. The molecule has 0 saturated carbocycles. The smallest absolute Gasteiger partial charge is 0.243 e. The minimum Gasteiger partial charge on any atom is -0.368 e. The highest BCUT2D eigenvalue weighted by molar-refractivity contribution is 7.07. The molecule has 0 N–H and O–H groups in total. The number of imidazole rings is 1. The lowest BCUT2D eigenvalue weighted by atomic mass is 10.2. The van der Waals surface area contributed by atoms with Gasteiger partial charge in [-0.3, -0.25) is 0 Å². The second-order valence-corrected chi connectivity index (χ2v) is 9.10. The molecule has 2 aromatic carbocycles. The number of hydrogen-bond acceptors (Lipinski definition) is 6. The van der Waals surface area contributed by atoms with Crippen LogP contribution in [0.25, 0.3) is 0 Å². The maximum absolute atomic E-state index is 4.39. The normalized spacial score (nSPS) is 12.3. The molecule has 0 amide bonds. The molecule has 35 heavy (non-hydrogen) atoms. The average Bonchev–Trinajstić information content (AvgIpc) is 3.44. The van der Waals surface area contributed by atoms with Crippen LogP contribution in [0.4, 0.5) is 17.1 Å². The van der Waals surface area contributed by atoms with Gasteiger partial charge in [-0.05, 0) is 55.8 Å². The number of nitrogens with zero attached hydrogens (tertiary/aromatic N) is 8. The molecule has 9 heteroatoms. The first kappa shape index (κ1) is 24.3. The third-order valence-corrected chi connectivity index (χ3v) is 6.75. The summed E-state index contributed by atoms with van der Waals surface area (Å²) in [4.78, 5) is 3.22. The van der Waals surface area contributed by atoms with Gasteiger partial charge in [0.1, 0.15) is 18.9 Å². The topological polar surface area (TPSA) is 66.4 Å². The fraction of sp³-hybridized carbons (Fsp3) is 0.269. The predicted octanol–water partition coefficient (Wildman–Crippen LogP) is 4.90. The lowest BCUT2D eigenvalue weighted by Gasteiger charge is -2.22. The molecular weight excluding hydrogens is 456 g/mol. The Bertz CT molecular complexity index is 1360. The number of azo groups is 1. The minimum absolute atomic E-state index is 0.790. The summed E-state index contributed by atoms with van der Waals surface area (Å²) >= 11 is 1.57. The van der Waals surface area contributed by atoms with Crippen molar-refractivity contribution in [2.24, 2.45) is 34.5 Å². The van der Waals surface area contributed by atoms with E-state index in [1.807, 2.05) is 62.0 Å². The third kappa shape index (κ3) is 6.60. The van der Waals surface area contributed by atoms with E-state index in [0.717, 1.165) is 47.1 Å². The Kier molecular flexibility index (Phi) is 7.99. The average molecular weight is 488 g/mol. The van der Waals surface area contributed by atoms with Crippen molar-refractivity contribution in [3.63, 3.8) is 0 Å². The van der Waals surface area contributed by atoms with Crippen LogP contribution in [0, 0.1) is 6.92 Å². The fourth-order valence-corrected chi connectivity index (χ4v) is 4.33. The Labute approximate surface area is 209 Å². The number of hydrogen-bond donors (Lipinski definition) is 0. The molecule has 0 bridgehead atoms. The van der Waals surface area contributed by atoms with Gasteiger partial charge in [-0.1, -0.05) is 12.1 Å². The van der Waals surface area contributed by atoms with E-state index in [1.165, 1.54) is 5.69 Å². The van der Waals surface area contributed by atoms with Crippen LogP contribution in [0.5, 0.6) is 0 Å². The van der Waals surface area contributed by atoms with E-state index in [9.17, 15) is 0 Å². The molecule has 0 spiro atoms. The standard InChI is InChI=1S/C26H31N8S/c1-5-34(17-16-33-15-14-31(3)20-33)25-12-10-24(11-13-25)29-28-23-8-6-22(7-9-23)18-27-30-26-32(4)21(2)19-35-26/h6-15,18-20H,5,16-17H2,1-4H3/q+1. The molecule has 4 rings (SSSR count). The van der Waals surface area contributed by atoms with Gasteiger partial charge in [-0.2, -0.15) is 15.3 Å². The van der Waals surface area contributed by atoms with Crippen LogP contribution in [-0.4, -0.2) is 28.4 Å². The van der Waals surface area contributed by atoms with Crippen molar-refractivity contribution in [3.8, 4) is 0 Å². The molecule has 0 fully saturated rings. The Morgan fingerprint density at radius 2 is 1.71 bits per heavy atom. The Morgan fingerprint density at radius 1 is 1.03 bits per heavy atom. The van der Waals surface area contributed by atoms with Gasteiger partial charge in [-0.25, -0.2) is 9.13 Å². The van der Waals surface area contributed by atoms with Crippen LogP contribution in [0.15, 0.2) is 93.1 Å². The molecule has 180 valence electrons. The molecule has 0 aliphatic heterocycles. The van der Waals surface area contributed by atoms with Crippen molar-refractivity contribution in [3.05, 3.63) is 88.7 Å². The van der Waals surface area contributed by atoms with E-state index >= 15 is 0 Å². The maximum atomic E-state index is 4.39. The Balaban J connectivity index is 1.34. The molecule has 0 aliphatic carbocycles. The zero-order chi connectivity index (χ0) is 24.6. The highest BCUT2D eigenvalue weighted by atomic mass is 32.1. The molecular formula is C26H31N8S+. The molecule has 0 radical (unpaired) electrons. The van der Waals surface area contributed by atoms with Gasteiger partial charge in [0.15, 0.2) is 0 Å². The molecule has 2 aromatic heterocycles. The number of rotatable bonds is 9. The largest absolute Gasteiger partial charge is 0.368 e. The van der Waals surface area contributed by atoms with Crippen LogP contribution >= 0.6 is 11.3 Å². The lowest BCUT2D eigenvalue weighted by Crippen LogP contribution is -2.28. The van der Waals surface area contributed by atoms with Crippen molar-refractivity contribution in [1.82, 2.24) is 9.13 Å². The maximum Gasteiger partial charge on any atom is 0.243 e. The zero-order valence-electron chi connectivity index (χ0n) is 20.6. The van der Waals surface area contributed by atoms with Crippen LogP contribution in [-0.2, 0) is 20.6 Å². The summed E-state index contributed by atoms with van der Waals surface area (Å²) in [5.41, 5.74) is 4.92. The quantitative estimate of drug-likeness (QED) is 0.143. The number of thiazole rings is 1. The van der Waals surface area contributed by atoms with Gasteiger partial charge in [-0.15, -0.1) is 16.4 Å². The number of aromatic nitrogens is 3. The summed E-state index contributed by atoms with van der Waals surface area (Å²) < 4.78 is 6.27. The van der Waals surface area contributed by atoms with Crippen LogP contribution < -0.4 is 14.3 Å². The van der Waals surface area contributed by atoms with E-state index < -0.39 is 0 Å². The fourth-order valence-electron chi connectivity index (χ4n) is 3.50. The van der Waals surface area contributed by atoms with Gasteiger partial charge >= 0.3 is 0 Å². The van der Waals surface area contributed by atoms with Crippen LogP contribution in [0.2, 0.25) is 0 Å². The van der Waals surface area contributed by atoms with Gasteiger partial charge in [0.2, 0.25) is 11.1 Å². The van der Waals surface area contributed by atoms with Crippen molar-refractivity contribution in [2.45, 2.75) is 20.4 Å². The first-order valence-electron chi connectivity index (χ1n) is 11.6. The summed E-state index contributed by atoms with van der Waals surface area (Å²) in [7, 11) is 4.02.